The van der Waals surface area contributed by atoms with Crippen molar-refractivity contribution in [1.29, 1.82) is 0 Å². The average molecular weight is 408 g/mol. The van der Waals surface area contributed by atoms with Gasteiger partial charge in [-0.3, -0.25) is 9.59 Å². The van der Waals surface area contributed by atoms with E-state index in [1.54, 1.807) is 36.7 Å². The van der Waals surface area contributed by atoms with Gasteiger partial charge in [0.1, 0.15) is 23.6 Å². The molecule has 30 heavy (non-hydrogen) atoms. The lowest BCUT2D eigenvalue weighted by Crippen LogP contribution is -2.27. The number of hydrogen-bond donors (Lipinski definition) is 3. The van der Waals surface area contributed by atoms with Gasteiger partial charge in [-0.25, -0.2) is 9.37 Å². The molecule has 0 aliphatic rings. The van der Waals surface area contributed by atoms with Gasteiger partial charge in [0.15, 0.2) is 11.6 Å². The number of amides is 2. The molecule has 0 fully saturated rings. The molecule has 0 unspecified atom stereocenters. The maximum absolute atomic E-state index is 14.5. The number of furan rings is 1. The number of anilines is 1. The highest BCUT2D eigenvalue weighted by atomic mass is 19.1. The molecule has 3 heterocycles. The van der Waals surface area contributed by atoms with Crippen molar-refractivity contribution in [3.05, 3.63) is 72.7 Å². The van der Waals surface area contributed by atoms with Crippen LogP contribution in [-0.4, -0.2) is 21.8 Å². The highest BCUT2D eigenvalue weighted by Crippen LogP contribution is 2.31. The Bertz CT molecular complexity index is 1190. The fourth-order valence-electron chi connectivity index (χ4n) is 2.82. The highest BCUT2D eigenvalue weighted by molar-refractivity contribution is 6.03. The summed E-state index contributed by atoms with van der Waals surface area (Å²) >= 11 is 0. The molecule has 0 spiro atoms. The van der Waals surface area contributed by atoms with Gasteiger partial charge in [0.2, 0.25) is 11.8 Å². The Morgan fingerprint density at radius 3 is 2.83 bits per heavy atom. The second-order valence-electron chi connectivity index (χ2n) is 6.38. The summed E-state index contributed by atoms with van der Waals surface area (Å²) < 4.78 is 25.2. The normalized spacial score (nSPS) is 10.7. The molecule has 0 aliphatic carbocycles. The summed E-state index contributed by atoms with van der Waals surface area (Å²) in [6.07, 6.45) is 4.36. The number of carbonyl (C=O) groups excluding carboxylic acids is 2. The van der Waals surface area contributed by atoms with Crippen LogP contribution in [0.4, 0.5) is 10.1 Å². The third kappa shape index (κ3) is 4.46. The van der Waals surface area contributed by atoms with E-state index in [0.29, 0.717) is 17.2 Å². The molecule has 152 valence electrons. The zero-order chi connectivity index (χ0) is 20.9. The molecule has 4 aromatic rings. The summed E-state index contributed by atoms with van der Waals surface area (Å²) in [6.45, 7) is 0.184. The van der Waals surface area contributed by atoms with Gasteiger partial charge in [0, 0.05) is 24.1 Å². The fraction of sp³-hybridized carbons (Fsp3) is 0.0952. The topological polar surface area (TPSA) is 109 Å². The van der Waals surface area contributed by atoms with E-state index in [2.05, 4.69) is 20.6 Å². The predicted molar refractivity (Wildman–Crippen MR) is 106 cm³/mol. The minimum atomic E-state index is -0.657. The summed E-state index contributed by atoms with van der Waals surface area (Å²) in [7, 11) is 0. The smallest absolute Gasteiger partial charge is 0.233 e. The summed E-state index contributed by atoms with van der Waals surface area (Å²) in [6, 6.07) is 10.8. The van der Waals surface area contributed by atoms with Crippen LogP contribution in [0.3, 0.4) is 0 Å². The number of H-pyrrole nitrogens is 1. The monoisotopic (exact) mass is 408 g/mol. The minimum absolute atomic E-state index is 0.00195. The Hall–Kier alpha value is -4.14. The van der Waals surface area contributed by atoms with E-state index in [4.69, 9.17) is 9.15 Å². The van der Waals surface area contributed by atoms with Gasteiger partial charge in [0.25, 0.3) is 0 Å². The summed E-state index contributed by atoms with van der Waals surface area (Å²) in [5, 5.41) is 5.77. The molecule has 2 amide bonds. The molecule has 0 atom stereocenters. The lowest BCUT2D eigenvalue weighted by atomic mass is 10.2. The van der Waals surface area contributed by atoms with Crippen molar-refractivity contribution in [3.8, 4) is 11.5 Å². The Balaban J connectivity index is 1.35. The van der Waals surface area contributed by atoms with E-state index in [1.165, 1.54) is 18.4 Å². The van der Waals surface area contributed by atoms with Crippen LogP contribution in [0.1, 0.15) is 12.2 Å². The van der Waals surface area contributed by atoms with Crippen molar-refractivity contribution < 1.29 is 23.1 Å². The average Bonchev–Trinajstić information content (AvgIpc) is 3.40. The number of benzene rings is 1. The van der Waals surface area contributed by atoms with Crippen LogP contribution < -0.4 is 15.4 Å². The number of ether oxygens (including phenoxy) is 1. The van der Waals surface area contributed by atoms with E-state index in [-0.39, 0.29) is 18.0 Å². The molecule has 0 saturated heterocycles. The number of halogens is 1. The van der Waals surface area contributed by atoms with Crippen molar-refractivity contribution in [2.75, 3.05) is 5.32 Å². The largest absolute Gasteiger partial charge is 0.467 e. The third-order valence-electron chi connectivity index (χ3n) is 4.22. The quantitative estimate of drug-likeness (QED) is 0.404. The highest BCUT2D eigenvalue weighted by Gasteiger charge is 2.13. The van der Waals surface area contributed by atoms with E-state index in [0.717, 1.165) is 11.5 Å². The van der Waals surface area contributed by atoms with Crippen LogP contribution in [0.15, 0.2) is 65.5 Å². The Morgan fingerprint density at radius 1 is 1.13 bits per heavy atom. The number of aromatic amines is 1. The van der Waals surface area contributed by atoms with Gasteiger partial charge in [-0.15, -0.1) is 0 Å². The minimum Gasteiger partial charge on any atom is -0.467 e. The number of nitrogens with zero attached hydrogens (tertiary/aromatic N) is 1. The SMILES string of the molecule is O=C(CC(=O)Nc1ccc(Oc2ccnc3[nH]ccc23)c(F)c1)NCc1ccco1. The first-order chi connectivity index (χ1) is 14.6. The Kier molecular flexibility index (Phi) is 5.42. The lowest BCUT2D eigenvalue weighted by Gasteiger charge is -2.10. The van der Waals surface area contributed by atoms with Gasteiger partial charge in [-0.05, 0) is 36.4 Å². The molecule has 0 saturated carbocycles. The number of pyridine rings is 1. The second kappa shape index (κ2) is 8.48. The maximum Gasteiger partial charge on any atom is 0.233 e. The van der Waals surface area contributed by atoms with Crippen LogP contribution in [0, 0.1) is 5.82 Å². The molecule has 8 nitrogen and oxygen atoms in total. The van der Waals surface area contributed by atoms with Gasteiger partial charge >= 0.3 is 0 Å². The number of aromatic nitrogens is 2. The molecule has 4 rings (SSSR count). The number of rotatable bonds is 7. The molecular weight excluding hydrogens is 391 g/mol. The fourth-order valence-corrected chi connectivity index (χ4v) is 2.82. The van der Waals surface area contributed by atoms with Gasteiger partial charge < -0.3 is 24.8 Å². The van der Waals surface area contributed by atoms with Crippen LogP contribution in [0.5, 0.6) is 11.5 Å². The molecule has 0 radical (unpaired) electrons. The van der Waals surface area contributed by atoms with Gasteiger partial charge in [-0.2, -0.15) is 0 Å². The molecule has 3 aromatic heterocycles. The molecule has 0 aliphatic heterocycles. The van der Waals surface area contributed by atoms with Gasteiger partial charge in [0.05, 0.1) is 18.2 Å². The van der Waals surface area contributed by atoms with Crippen LogP contribution in [-0.2, 0) is 16.1 Å². The predicted octanol–water partition coefficient (Wildman–Crippen LogP) is 3.73. The third-order valence-corrected chi connectivity index (χ3v) is 4.22. The second-order valence-corrected chi connectivity index (χ2v) is 6.38. The lowest BCUT2D eigenvalue weighted by molar-refractivity contribution is -0.127. The van der Waals surface area contributed by atoms with E-state index < -0.39 is 24.1 Å². The van der Waals surface area contributed by atoms with Crippen molar-refractivity contribution in [3.63, 3.8) is 0 Å². The standard InChI is InChI=1S/C21H17FN4O4/c22-16-10-13(26-20(28)11-19(27)25-12-14-2-1-9-29-14)3-4-18(16)30-17-6-8-24-21-15(17)5-7-23-21/h1-10H,11-12H2,(H,23,24)(H,25,27)(H,26,28). The molecular formula is C21H17FN4O4. The maximum atomic E-state index is 14.5. The van der Waals surface area contributed by atoms with Crippen molar-refractivity contribution in [2.45, 2.75) is 13.0 Å². The zero-order valence-electron chi connectivity index (χ0n) is 15.6. The van der Waals surface area contributed by atoms with E-state index >= 15 is 0 Å². The Morgan fingerprint density at radius 2 is 2.03 bits per heavy atom. The number of hydrogen-bond acceptors (Lipinski definition) is 5. The van der Waals surface area contributed by atoms with Gasteiger partial charge in [-0.1, -0.05) is 0 Å². The van der Waals surface area contributed by atoms with Crippen LogP contribution in [0.2, 0.25) is 0 Å². The molecule has 1 aromatic carbocycles. The molecule has 9 heteroatoms. The molecule has 0 bridgehead atoms. The summed E-state index contributed by atoms with van der Waals surface area (Å²) in [5.41, 5.74) is 0.840. The Labute approximate surface area is 170 Å². The number of carbonyl (C=O) groups is 2. The first-order valence-electron chi connectivity index (χ1n) is 9.07. The van der Waals surface area contributed by atoms with Crippen molar-refractivity contribution in [2.24, 2.45) is 0 Å². The van der Waals surface area contributed by atoms with Crippen LogP contribution in [0.25, 0.3) is 11.0 Å². The number of nitrogens with one attached hydrogen (secondary N) is 3. The van der Waals surface area contributed by atoms with E-state index in [9.17, 15) is 14.0 Å². The first kappa shape index (κ1) is 19.2. The number of fused-ring (bicyclic) bond motifs is 1. The molecule has 3 N–H and O–H groups in total. The van der Waals surface area contributed by atoms with E-state index in [1.807, 2.05) is 0 Å². The van der Waals surface area contributed by atoms with Crippen LogP contribution >= 0.6 is 0 Å². The zero-order valence-corrected chi connectivity index (χ0v) is 15.6. The summed E-state index contributed by atoms with van der Waals surface area (Å²) in [4.78, 5) is 31.0. The van der Waals surface area contributed by atoms with Crippen molar-refractivity contribution in [1.82, 2.24) is 15.3 Å². The van der Waals surface area contributed by atoms with Crippen molar-refractivity contribution >= 4 is 28.5 Å². The summed E-state index contributed by atoms with van der Waals surface area (Å²) in [5.74, 6) is -0.674. The first-order valence-corrected chi connectivity index (χ1v) is 9.07.